The van der Waals surface area contributed by atoms with Crippen LogP contribution in [0.15, 0.2) is 97.2 Å². The van der Waals surface area contributed by atoms with Gasteiger partial charge in [0.05, 0.1) is 38.6 Å². The maximum Gasteiger partial charge on any atom is 0.220 e. The van der Waals surface area contributed by atoms with Crippen molar-refractivity contribution in [3.8, 4) is 0 Å². The molecular formula is C83H145NO18. The van der Waals surface area contributed by atoms with Crippen LogP contribution in [0.5, 0.6) is 0 Å². The Morgan fingerprint density at radius 2 is 0.676 bits per heavy atom. The average Bonchev–Trinajstić information content (AvgIpc) is 0.781. The second-order valence-electron chi connectivity index (χ2n) is 28.5. The minimum absolute atomic E-state index is 0.244. The fourth-order valence-corrected chi connectivity index (χ4v) is 13.2. The van der Waals surface area contributed by atoms with E-state index in [1.165, 1.54) is 154 Å². The van der Waals surface area contributed by atoms with Crippen molar-refractivity contribution in [3.63, 3.8) is 0 Å². The Kier molecular flexibility index (Phi) is 57.1. The molecule has 590 valence electrons. The molecule has 3 fully saturated rings. The number of unbranched alkanes of at least 4 members (excludes halogenated alkanes) is 31. The molecule has 0 bridgehead atoms. The van der Waals surface area contributed by atoms with Crippen LogP contribution in [-0.2, 0) is 33.2 Å². The van der Waals surface area contributed by atoms with Crippen LogP contribution < -0.4 is 5.32 Å². The normalized spacial score (nSPS) is 26.7. The highest BCUT2D eigenvalue weighted by atomic mass is 16.8. The lowest BCUT2D eigenvalue weighted by Crippen LogP contribution is -2.66. The van der Waals surface area contributed by atoms with Gasteiger partial charge in [0.25, 0.3) is 0 Å². The monoisotopic (exact) mass is 1440 g/mol. The molecule has 0 aromatic heterocycles. The predicted octanol–water partition coefficient (Wildman–Crippen LogP) is 13.6. The molecule has 0 saturated carbocycles. The summed E-state index contributed by atoms with van der Waals surface area (Å²) in [4.78, 5) is 13.5. The number of hydrogen-bond donors (Lipinski definition) is 12. The van der Waals surface area contributed by atoms with Crippen molar-refractivity contribution in [1.82, 2.24) is 5.32 Å². The van der Waals surface area contributed by atoms with E-state index in [0.29, 0.717) is 12.8 Å². The van der Waals surface area contributed by atoms with E-state index in [4.69, 9.17) is 28.4 Å². The van der Waals surface area contributed by atoms with Gasteiger partial charge in [-0.2, -0.15) is 0 Å². The molecule has 17 unspecified atom stereocenters. The van der Waals surface area contributed by atoms with Crippen molar-refractivity contribution in [1.29, 1.82) is 0 Å². The van der Waals surface area contributed by atoms with Crippen LogP contribution in [0.3, 0.4) is 0 Å². The van der Waals surface area contributed by atoms with Crippen molar-refractivity contribution in [2.75, 3.05) is 26.4 Å². The summed E-state index contributed by atoms with van der Waals surface area (Å²) < 4.78 is 34.5. The maximum absolute atomic E-state index is 13.5. The minimum Gasteiger partial charge on any atom is -0.394 e. The maximum atomic E-state index is 13.5. The molecule has 1 amide bonds. The number of carbonyl (C=O) groups is 1. The molecule has 0 aromatic carbocycles. The number of allylic oxidation sites excluding steroid dienone is 16. The van der Waals surface area contributed by atoms with Gasteiger partial charge in [-0.05, 0) is 77.0 Å². The average molecular weight is 1450 g/mol. The smallest absolute Gasteiger partial charge is 0.220 e. The first kappa shape index (κ1) is 92.9. The lowest BCUT2D eigenvalue weighted by Gasteiger charge is -2.48. The predicted molar refractivity (Wildman–Crippen MR) is 406 cm³/mol. The highest BCUT2D eigenvalue weighted by Gasteiger charge is 2.54. The summed E-state index contributed by atoms with van der Waals surface area (Å²) in [5.41, 5.74) is 0. The van der Waals surface area contributed by atoms with Gasteiger partial charge in [-0.25, -0.2) is 0 Å². The van der Waals surface area contributed by atoms with Gasteiger partial charge in [-0.3, -0.25) is 4.79 Å². The molecule has 12 N–H and O–H groups in total. The van der Waals surface area contributed by atoms with Gasteiger partial charge in [0, 0.05) is 6.42 Å². The van der Waals surface area contributed by atoms with Crippen molar-refractivity contribution in [2.45, 2.75) is 394 Å². The molecule has 0 radical (unpaired) electrons. The summed E-state index contributed by atoms with van der Waals surface area (Å²) in [6, 6.07) is -0.893. The molecule has 19 nitrogen and oxygen atoms in total. The molecule has 3 saturated heterocycles. The molecule has 3 heterocycles. The van der Waals surface area contributed by atoms with E-state index in [9.17, 15) is 61.0 Å². The van der Waals surface area contributed by atoms with E-state index in [-0.39, 0.29) is 18.9 Å². The third-order valence-corrected chi connectivity index (χ3v) is 19.7. The summed E-state index contributed by atoms with van der Waals surface area (Å²) in [6.07, 6.45) is 57.8. The van der Waals surface area contributed by atoms with Crippen molar-refractivity contribution in [3.05, 3.63) is 97.2 Å². The van der Waals surface area contributed by atoms with Crippen LogP contribution >= 0.6 is 0 Å². The third-order valence-electron chi connectivity index (χ3n) is 19.7. The molecular weight excluding hydrogens is 1300 g/mol. The second-order valence-corrected chi connectivity index (χ2v) is 28.5. The minimum atomic E-state index is -1.98. The van der Waals surface area contributed by atoms with Gasteiger partial charge in [0.1, 0.15) is 73.2 Å². The molecule has 0 spiro atoms. The third kappa shape index (κ3) is 42.3. The summed E-state index contributed by atoms with van der Waals surface area (Å²) in [7, 11) is 0. The Bertz CT molecular complexity index is 2220. The Hall–Kier alpha value is -3.29. The van der Waals surface area contributed by atoms with Crippen molar-refractivity contribution >= 4 is 5.91 Å². The fraction of sp³-hybridized carbons (Fsp3) is 0.795. The zero-order valence-electron chi connectivity index (χ0n) is 63.1. The first-order chi connectivity index (χ1) is 49.8. The summed E-state index contributed by atoms with van der Waals surface area (Å²) in [6.45, 7) is 1.71. The summed E-state index contributed by atoms with van der Waals surface area (Å²) >= 11 is 0. The number of rotatable bonds is 63. The molecule has 0 aliphatic carbocycles. The highest BCUT2D eigenvalue weighted by Crippen LogP contribution is 2.33. The zero-order chi connectivity index (χ0) is 73.9. The fourth-order valence-electron chi connectivity index (χ4n) is 13.2. The SMILES string of the molecule is CC/C=C\C/C=C\C/C=C\C/C=C\C/C=C\C/C=C\C/C=C\C/C=C\CCCCCCCCCCCCCCCCC(=O)NC(COC1OC(CO)C(OC2OC(CO)C(OC3OC(CO)C(O)C(O)C3O)C(O)C2O)C(O)C1O)C(O)CCCCCCCCCCCCCCCCCCCC. The molecule has 19 heteroatoms. The number of aliphatic hydroxyl groups excluding tert-OH is 11. The molecule has 0 aromatic rings. The molecule has 102 heavy (non-hydrogen) atoms. The number of carbonyl (C=O) groups excluding carboxylic acids is 1. The molecule has 3 rings (SSSR count). The Balaban J connectivity index is 1.32. The van der Waals surface area contributed by atoms with Crippen LogP contribution in [0.1, 0.15) is 290 Å². The van der Waals surface area contributed by atoms with Gasteiger partial charge < -0.3 is 89.9 Å². The van der Waals surface area contributed by atoms with E-state index in [1.807, 2.05) is 0 Å². The van der Waals surface area contributed by atoms with E-state index in [2.05, 4.69) is 116 Å². The van der Waals surface area contributed by atoms with Crippen LogP contribution in [-0.4, -0.2) is 193 Å². The molecule has 3 aliphatic heterocycles. The van der Waals surface area contributed by atoms with Gasteiger partial charge >= 0.3 is 0 Å². The van der Waals surface area contributed by atoms with E-state index in [1.54, 1.807) is 0 Å². The van der Waals surface area contributed by atoms with Crippen molar-refractivity contribution < 1.29 is 89.4 Å². The quantitative estimate of drug-likeness (QED) is 0.0199. The number of amides is 1. The van der Waals surface area contributed by atoms with Gasteiger partial charge in [-0.1, -0.05) is 304 Å². The lowest BCUT2D eigenvalue weighted by atomic mass is 9.96. The van der Waals surface area contributed by atoms with Crippen LogP contribution in [0, 0.1) is 0 Å². The van der Waals surface area contributed by atoms with E-state index in [0.717, 1.165) is 103 Å². The Morgan fingerprint density at radius 3 is 1.06 bits per heavy atom. The first-order valence-corrected chi connectivity index (χ1v) is 40.5. The summed E-state index contributed by atoms with van der Waals surface area (Å²) in [5.74, 6) is -0.244. The largest absolute Gasteiger partial charge is 0.394 e. The standard InChI is InChI=1S/C83H145NO18/c1-3-5-7-9-11-13-15-17-19-21-23-24-25-26-27-28-29-30-31-32-33-34-35-36-37-38-39-40-41-42-43-45-47-49-51-53-55-57-59-61-71(89)84-66(67(88)60-58-56-54-52-50-48-46-44-22-20-18-16-14-12-10-8-6-4-2)65-97-81-77(95)74(92)79(69(63-86)99-81)102-83-78(96)75(93)80(70(64-87)100-83)101-82-76(94)73(91)72(90)68(62-85)98-82/h5,7,11,13,17,19,23-24,26-27,29-30,32-33,35-36,66-70,72-83,85-88,90-96H,3-4,6,8-10,12,14-16,18,20-22,25,28,31,34,37-65H2,1-2H3,(H,84,89)/b7-5-,13-11-,19-17-,24-23-,27-26-,30-29-,33-32-,36-35-. The topological polar surface area (TPSA) is 307 Å². The number of ether oxygens (including phenoxy) is 6. The van der Waals surface area contributed by atoms with Gasteiger partial charge in [-0.15, -0.1) is 0 Å². The number of hydrogen-bond acceptors (Lipinski definition) is 18. The Labute approximate surface area is 615 Å². The zero-order valence-corrected chi connectivity index (χ0v) is 63.1. The molecule has 3 aliphatic rings. The van der Waals surface area contributed by atoms with Crippen LogP contribution in [0.25, 0.3) is 0 Å². The lowest BCUT2D eigenvalue weighted by molar-refractivity contribution is -0.379. The summed E-state index contributed by atoms with van der Waals surface area (Å²) in [5, 5.41) is 121. The molecule has 17 atom stereocenters. The van der Waals surface area contributed by atoms with Crippen LogP contribution in [0.2, 0.25) is 0 Å². The van der Waals surface area contributed by atoms with Crippen LogP contribution in [0.4, 0.5) is 0 Å². The van der Waals surface area contributed by atoms with Gasteiger partial charge in [0.15, 0.2) is 18.9 Å². The van der Waals surface area contributed by atoms with Gasteiger partial charge in [0.2, 0.25) is 5.91 Å². The first-order valence-electron chi connectivity index (χ1n) is 40.5. The highest BCUT2D eigenvalue weighted by molar-refractivity contribution is 5.76. The Morgan fingerprint density at radius 1 is 0.363 bits per heavy atom. The van der Waals surface area contributed by atoms with E-state index < -0.39 is 124 Å². The van der Waals surface area contributed by atoms with Crippen molar-refractivity contribution in [2.24, 2.45) is 0 Å². The van der Waals surface area contributed by atoms with E-state index >= 15 is 0 Å². The second kappa shape index (κ2) is 62.7. The number of aliphatic hydroxyl groups is 11. The number of nitrogens with one attached hydrogen (secondary N) is 1.